The topological polar surface area (TPSA) is 43.4 Å². The van der Waals surface area contributed by atoms with Crippen LogP contribution in [0, 0.1) is 6.92 Å². The molecule has 31 heavy (non-hydrogen) atoms. The molecule has 0 fully saturated rings. The van der Waals surface area contributed by atoms with Crippen LogP contribution in [-0.2, 0) is 12.8 Å². The van der Waals surface area contributed by atoms with Gasteiger partial charge in [0.05, 0.1) is 11.6 Å². The van der Waals surface area contributed by atoms with Crippen molar-refractivity contribution in [3.8, 4) is 22.3 Å². The van der Waals surface area contributed by atoms with Crippen LogP contribution in [0.1, 0.15) is 29.5 Å². The van der Waals surface area contributed by atoms with E-state index in [0.29, 0.717) is 5.58 Å². The molecule has 1 aliphatic carbocycles. The summed E-state index contributed by atoms with van der Waals surface area (Å²) in [5, 5.41) is 2.07. The van der Waals surface area contributed by atoms with E-state index in [1.807, 2.05) is 18.4 Å². The number of hydrogen-bond donors (Lipinski definition) is 0. The third kappa shape index (κ3) is 2.84. The van der Waals surface area contributed by atoms with Crippen molar-refractivity contribution in [1.29, 1.82) is 0 Å². The molecule has 3 heteroatoms. The van der Waals surface area contributed by atoms with Crippen LogP contribution in [0.5, 0.6) is 0 Å². The second-order valence-corrected chi connectivity index (χ2v) is 8.42. The molecule has 2 heterocycles. The zero-order valence-electron chi connectivity index (χ0n) is 17.4. The monoisotopic (exact) mass is 406 g/mol. The number of fused-ring (bicyclic) bond motifs is 5. The van der Waals surface area contributed by atoms with Crippen molar-refractivity contribution in [2.75, 3.05) is 0 Å². The first-order chi connectivity index (χ1) is 15.2. The second-order valence-electron chi connectivity index (χ2n) is 8.42. The predicted molar refractivity (Wildman–Crippen MR) is 125 cm³/mol. The van der Waals surface area contributed by atoms with E-state index in [0.717, 1.165) is 69.9 Å². The van der Waals surface area contributed by atoms with Crippen LogP contribution in [0.4, 0.5) is 0 Å². The highest BCUT2D eigenvalue weighted by Gasteiger charge is 2.23. The van der Waals surface area contributed by atoms with Crippen LogP contribution in [-0.4, -0.2) is 0 Å². The number of rotatable bonds is 2. The van der Waals surface area contributed by atoms with Crippen LogP contribution in [0.25, 0.3) is 44.2 Å². The van der Waals surface area contributed by atoms with E-state index in [1.54, 1.807) is 0 Å². The summed E-state index contributed by atoms with van der Waals surface area (Å²) < 4.78 is 11.9. The summed E-state index contributed by atoms with van der Waals surface area (Å²) in [6.45, 7) is 2.05. The molecule has 0 spiro atoms. The van der Waals surface area contributed by atoms with Gasteiger partial charge in [0.2, 0.25) is 0 Å². The summed E-state index contributed by atoms with van der Waals surface area (Å²) in [6, 6.07) is 21.0. The van der Waals surface area contributed by atoms with Gasteiger partial charge in [-0.05, 0) is 66.5 Å². The lowest BCUT2D eigenvalue weighted by Gasteiger charge is -2.16. The molecule has 0 radical (unpaired) electrons. The highest BCUT2D eigenvalue weighted by molar-refractivity contribution is 6.11. The quantitative estimate of drug-likeness (QED) is 0.295. The highest BCUT2D eigenvalue weighted by atomic mass is 16.4. The minimum atomic E-state index is -0.191. The molecule has 152 valence electrons. The number of benzene rings is 3. The summed E-state index contributed by atoms with van der Waals surface area (Å²) in [5.74, 6) is 0. The Labute approximate surface area is 179 Å². The first-order valence-electron chi connectivity index (χ1n) is 10.9. The molecule has 0 amide bonds. The van der Waals surface area contributed by atoms with Crippen molar-refractivity contribution in [3.63, 3.8) is 0 Å². The van der Waals surface area contributed by atoms with Crippen molar-refractivity contribution < 1.29 is 8.83 Å². The van der Waals surface area contributed by atoms with Crippen LogP contribution < -0.4 is 5.63 Å². The van der Waals surface area contributed by atoms with Gasteiger partial charge in [-0.25, -0.2) is 4.79 Å². The van der Waals surface area contributed by atoms with Gasteiger partial charge in [0.1, 0.15) is 11.2 Å². The fourth-order valence-corrected chi connectivity index (χ4v) is 5.01. The summed E-state index contributed by atoms with van der Waals surface area (Å²) >= 11 is 0. The van der Waals surface area contributed by atoms with Gasteiger partial charge in [-0.15, -0.1) is 0 Å². The van der Waals surface area contributed by atoms with Gasteiger partial charge in [0.25, 0.3) is 0 Å². The van der Waals surface area contributed by atoms with Gasteiger partial charge in [0.15, 0.2) is 0 Å². The van der Waals surface area contributed by atoms with Crippen LogP contribution in [0.15, 0.2) is 80.6 Å². The maximum Gasteiger partial charge on any atom is 0.339 e. The molecule has 0 aliphatic heterocycles. The number of furan rings is 1. The number of aryl methyl sites for hydroxylation is 2. The SMILES string of the molecule is Cc1cc2oc(=O)c3c(c2c2occ(-c4ccc(-c5ccccc5)cc4)c12)CCCC3. The van der Waals surface area contributed by atoms with E-state index >= 15 is 0 Å². The molecular weight excluding hydrogens is 384 g/mol. The third-order valence-corrected chi connectivity index (χ3v) is 6.53. The smallest absolute Gasteiger partial charge is 0.339 e. The second kappa shape index (κ2) is 6.98. The van der Waals surface area contributed by atoms with Crippen LogP contribution in [0.2, 0.25) is 0 Å². The summed E-state index contributed by atoms with van der Waals surface area (Å²) in [7, 11) is 0. The van der Waals surface area contributed by atoms with E-state index in [4.69, 9.17) is 8.83 Å². The predicted octanol–water partition coefficient (Wildman–Crippen LogP) is 7.06. The Morgan fingerprint density at radius 3 is 2.23 bits per heavy atom. The normalized spacial score (nSPS) is 13.6. The average Bonchev–Trinajstić information content (AvgIpc) is 3.26. The molecule has 6 rings (SSSR count). The Hall–Kier alpha value is -3.59. The standard InChI is InChI=1S/C28H22O3/c1-17-15-24-26(21-9-5-6-10-22(21)28(29)31-24)27-25(17)23(16-30-27)20-13-11-19(12-14-20)18-7-3-2-4-8-18/h2-4,7-8,11-16H,5-6,9-10H2,1H3. The van der Waals surface area contributed by atoms with E-state index in [9.17, 15) is 4.79 Å². The molecule has 0 bridgehead atoms. The molecule has 0 N–H and O–H groups in total. The van der Waals surface area contributed by atoms with E-state index in [2.05, 4.69) is 55.5 Å². The Morgan fingerprint density at radius 2 is 1.45 bits per heavy atom. The molecule has 0 saturated carbocycles. The first-order valence-corrected chi connectivity index (χ1v) is 10.9. The molecule has 0 unspecified atom stereocenters. The van der Waals surface area contributed by atoms with Gasteiger partial charge >= 0.3 is 5.63 Å². The van der Waals surface area contributed by atoms with Crippen molar-refractivity contribution in [1.82, 2.24) is 0 Å². The number of hydrogen-bond acceptors (Lipinski definition) is 3. The summed E-state index contributed by atoms with van der Waals surface area (Å²) in [4.78, 5) is 12.5. The molecule has 2 aromatic heterocycles. The molecule has 3 aromatic carbocycles. The van der Waals surface area contributed by atoms with E-state index < -0.39 is 0 Å². The van der Waals surface area contributed by atoms with Crippen molar-refractivity contribution in [2.24, 2.45) is 0 Å². The molecule has 1 aliphatic rings. The fourth-order valence-electron chi connectivity index (χ4n) is 5.01. The largest absolute Gasteiger partial charge is 0.463 e. The molecule has 0 atom stereocenters. The van der Waals surface area contributed by atoms with Gasteiger partial charge < -0.3 is 8.83 Å². The lowest BCUT2D eigenvalue weighted by Crippen LogP contribution is -2.15. The van der Waals surface area contributed by atoms with Crippen LogP contribution in [0.3, 0.4) is 0 Å². The van der Waals surface area contributed by atoms with Gasteiger partial charge in [-0.1, -0.05) is 54.6 Å². The third-order valence-electron chi connectivity index (χ3n) is 6.53. The average molecular weight is 406 g/mol. The Morgan fingerprint density at radius 1 is 0.774 bits per heavy atom. The van der Waals surface area contributed by atoms with Crippen LogP contribution >= 0.6 is 0 Å². The maximum atomic E-state index is 12.5. The lowest BCUT2D eigenvalue weighted by molar-refractivity contribution is 0.532. The van der Waals surface area contributed by atoms with Crippen molar-refractivity contribution >= 4 is 21.9 Å². The zero-order valence-corrected chi connectivity index (χ0v) is 17.4. The highest BCUT2D eigenvalue weighted by Crippen LogP contribution is 2.40. The minimum Gasteiger partial charge on any atom is -0.463 e. The van der Waals surface area contributed by atoms with Crippen molar-refractivity contribution in [3.05, 3.63) is 94.0 Å². The lowest BCUT2D eigenvalue weighted by atomic mass is 9.89. The van der Waals surface area contributed by atoms with Gasteiger partial charge in [0, 0.05) is 16.5 Å². The summed E-state index contributed by atoms with van der Waals surface area (Å²) in [5.41, 5.74) is 8.86. The van der Waals surface area contributed by atoms with Crippen molar-refractivity contribution in [2.45, 2.75) is 32.6 Å². The minimum absolute atomic E-state index is 0.191. The Balaban J connectivity index is 1.56. The fraction of sp³-hybridized carbons (Fsp3) is 0.179. The Kier molecular flexibility index (Phi) is 4.10. The zero-order chi connectivity index (χ0) is 20.9. The molecule has 0 saturated heterocycles. The van der Waals surface area contributed by atoms with Gasteiger partial charge in [-0.2, -0.15) is 0 Å². The van der Waals surface area contributed by atoms with E-state index in [-0.39, 0.29) is 5.63 Å². The maximum absolute atomic E-state index is 12.5. The first kappa shape index (κ1) is 18.2. The molecular formula is C28H22O3. The molecule has 3 nitrogen and oxygen atoms in total. The Bertz CT molecular complexity index is 1490. The van der Waals surface area contributed by atoms with Gasteiger partial charge in [-0.3, -0.25) is 0 Å². The molecule has 5 aromatic rings. The summed E-state index contributed by atoms with van der Waals surface area (Å²) in [6.07, 6.45) is 5.66. The van der Waals surface area contributed by atoms with E-state index in [1.165, 1.54) is 11.1 Å².